The van der Waals surface area contributed by atoms with E-state index in [0.717, 1.165) is 45.2 Å². The van der Waals surface area contributed by atoms with Crippen LogP contribution in [0.2, 0.25) is 0 Å². The highest BCUT2D eigenvalue weighted by Gasteiger charge is 2.25. The van der Waals surface area contributed by atoms with E-state index in [2.05, 4.69) is 174 Å². The zero-order valence-corrected chi connectivity index (χ0v) is 27.8. The third kappa shape index (κ3) is 4.17. The molecule has 2 heterocycles. The first-order chi connectivity index (χ1) is 25.3. The van der Waals surface area contributed by atoms with Gasteiger partial charge in [-0.3, -0.25) is 0 Å². The molecule has 0 amide bonds. The maximum Gasteiger partial charge on any atom is 0.143 e. The maximum absolute atomic E-state index is 6.65. The van der Waals surface area contributed by atoms with Gasteiger partial charge >= 0.3 is 0 Å². The lowest BCUT2D eigenvalue weighted by Crippen LogP contribution is -1.98. The molecule has 0 N–H and O–H groups in total. The molecule has 0 saturated carbocycles. The largest absolute Gasteiger partial charge is 0.455 e. The Balaban J connectivity index is 1.26. The van der Waals surface area contributed by atoms with Gasteiger partial charge in [0.25, 0.3) is 0 Å². The van der Waals surface area contributed by atoms with Crippen LogP contribution in [0.15, 0.2) is 180 Å². The van der Waals surface area contributed by atoms with Crippen LogP contribution in [0, 0.1) is 0 Å². The Labute approximate surface area is 295 Å². The van der Waals surface area contributed by atoms with Crippen molar-refractivity contribution < 1.29 is 4.42 Å². The first-order valence-corrected chi connectivity index (χ1v) is 17.6. The molecule has 0 aliphatic heterocycles. The van der Waals surface area contributed by atoms with E-state index in [0.29, 0.717) is 0 Å². The van der Waals surface area contributed by atoms with E-state index in [1.807, 2.05) is 6.07 Å². The molecule has 2 nitrogen and oxygen atoms in total. The van der Waals surface area contributed by atoms with Crippen molar-refractivity contribution in [2.45, 2.75) is 6.42 Å². The number of nitrogens with zero attached hydrogens (tertiary/aromatic N) is 1. The highest BCUT2D eigenvalue weighted by molar-refractivity contribution is 6.19. The normalized spacial score (nSPS) is 12.2. The van der Waals surface area contributed by atoms with E-state index < -0.39 is 0 Å². The van der Waals surface area contributed by atoms with Crippen molar-refractivity contribution in [3.8, 4) is 50.2 Å². The lowest BCUT2D eigenvalue weighted by atomic mass is 9.94. The van der Waals surface area contributed by atoms with Crippen molar-refractivity contribution in [1.82, 2.24) is 4.57 Å². The van der Waals surface area contributed by atoms with Gasteiger partial charge in [0, 0.05) is 43.9 Å². The summed E-state index contributed by atoms with van der Waals surface area (Å²) in [6.07, 6.45) is 0.932. The smallest absolute Gasteiger partial charge is 0.143 e. The second-order valence-corrected chi connectivity index (χ2v) is 13.6. The summed E-state index contributed by atoms with van der Waals surface area (Å²) < 4.78 is 9.17. The molecule has 0 bridgehead atoms. The molecule has 1 aliphatic carbocycles. The lowest BCUT2D eigenvalue weighted by molar-refractivity contribution is 0.670. The van der Waals surface area contributed by atoms with Gasteiger partial charge in [-0.2, -0.15) is 0 Å². The molecule has 0 spiro atoms. The van der Waals surface area contributed by atoms with Gasteiger partial charge in [-0.15, -0.1) is 0 Å². The van der Waals surface area contributed by atoms with Crippen LogP contribution in [0.25, 0.3) is 93.9 Å². The monoisotopic (exact) mass is 649 g/mol. The molecule has 0 fully saturated rings. The Hall–Kier alpha value is -6.64. The summed E-state index contributed by atoms with van der Waals surface area (Å²) >= 11 is 0. The van der Waals surface area contributed by atoms with Crippen molar-refractivity contribution in [3.63, 3.8) is 0 Å². The zero-order chi connectivity index (χ0) is 33.5. The Morgan fingerprint density at radius 3 is 1.76 bits per heavy atom. The number of aromatic nitrogens is 1. The van der Waals surface area contributed by atoms with E-state index in [4.69, 9.17) is 4.42 Å². The first-order valence-electron chi connectivity index (χ1n) is 17.6. The van der Waals surface area contributed by atoms with Crippen LogP contribution >= 0.6 is 0 Å². The molecule has 0 radical (unpaired) electrons. The van der Waals surface area contributed by atoms with E-state index in [1.54, 1.807) is 0 Å². The molecule has 0 unspecified atom stereocenters. The summed E-state index contributed by atoms with van der Waals surface area (Å²) in [6.45, 7) is 0. The summed E-state index contributed by atoms with van der Waals surface area (Å²) in [4.78, 5) is 0. The second kappa shape index (κ2) is 10.9. The maximum atomic E-state index is 6.65. The SMILES string of the molecule is c1ccc(-c2cccc(-n3c4c(-c5cccc6c5Cc5ccccc5-6)cccc4c4cccc(-c5cccc6c5oc5ccccc56)c43)c2)cc1. The van der Waals surface area contributed by atoms with Gasteiger partial charge in [-0.25, -0.2) is 0 Å². The van der Waals surface area contributed by atoms with Crippen LogP contribution in [0.3, 0.4) is 0 Å². The van der Waals surface area contributed by atoms with E-state index in [-0.39, 0.29) is 0 Å². The molecule has 2 aromatic heterocycles. The Kier molecular flexibility index (Phi) is 6.05. The van der Waals surface area contributed by atoms with Crippen LogP contribution < -0.4 is 0 Å². The van der Waals surface area contributed by atoms with E-state index in [9.17, 15) is 0 Å². The number of fused-ring (bicyclic) bond motifs is 9. The fraction of sp³-hybridized carbons (Fsp3) is 0.0204. The van der Waals surface area contributed by atoms with Gasteiger partial charge in [0.1, 0.15) is 11.2 Å². The molecule has 51 heavy (non-hydrogen) atoms. The average Bonchev–Trinajstić information content (AvgIpc) is 3.88. The number of furan rings is 1. The minimum absolute atomic E-state index is 0.907. The van der Waals surface area contributed by atoms with Gasteiger partial charge in [0.15, 0.2) is 0 Å². The predicted molar refractivity (Wildman–Crippen MR) is 213 cm³/mol. The van der Waals surface area contributed by atoms with Crippen molar-refractivity contribution >= 4 is 43.7 Å². The van der Waals surface area contributed by atoms with Gasteiger partial charge < -0.3 is 8.98 Å². The molecule has 1 aliphatic rings. The minimum atomic E-state index is 0.907. The number of hydrogen-bond acceptors (Lipinski definition) is 1. The quantitative estimate of drug-likeness (QED) is 0.186. The zero-order valence-electron chi connectivity index (χ0n) is 27.8. The highest BCUT2D eigenvalue weighted by Crippen LogP contribution is 2.47. The lowest BCUT2D eigenvalue weighted by Gasteiger charge is -2.16. The van der Waals surface area contributed by atoms with Gasteiger partial charge in [0.2, 0.25) is 0 Å². The molecular formula is C49H31NO. The summed E-state index contributed by atoms with van der Waals surface area (Å²) in [5.41, 5.74) is 18.0. The van der Waals surface area contributed by atoms with Gasteiger partial charge in [0.05, 0.1) is 11.0 Å². The van der Waals surface area contributed by atoms with Crippen LogP contribution in [-0.4, -0.2) is 4.57 Å². The van der Waals surface area contributed by atoms with Gasteiger partial charge in [-0.1, -0.05) is 158 Å². The Morgan fingerprint density at radius 2 is 0.941 bits per heavy atom. The molecule has 0 atom stereocenters. The third-order valence-corrected chi connectivity index (χ3v) is 10.9. The highest BCUT2D eigenvalue weighted by atomic mass is 16.3. The van der Waals surface area contributed by atoms with Crippen molar-refractivity contribution in [1.29, 1.82) is 0 Å². The van der Waals surface area contributed by atoms with Crippen molar-refractivity contribution in [3.05, 3.63) is 187 Å². The predicted octanol–water partition coefficient (Wildman–Crippen LogP) is 13.3. The van der Waals surface area contributed by atoms with Crippen LogP contribution in [0.1, 0.15) is 11.1 Å². The molecule has 0 saturated heterocycles. The van der Waals surface area contributed by atoms with E-state index in [1.165, 1.54) is 66.3 Å². The van der Waals surface area contributed by atoms with Crippen LogP contribution in [-0.2, 0) is 6.42 Å². The number of rotatable bonds is 4. The fourth-order valence-corrected chi connectivity index (χ4v) is 8.63. The summed E-state index contributed by atoms with van der Waals surface area (Å²) in [6, 6.07) is 63.9. The summed E-state index contributed by atoms with van der Waals surface area (Å²) in [5.74, 6) is 0. The first kappa shape index (κ1) is 28.2. The number of benzene rings is 8. The van der Waals surface area contributed by atoms with Gasteiger partial charge in [-0.05, 0) is 63.6 Å². The fourth-order valence-electron chi connectivity index (χ4n) is 8.63. The molecule has 2 heteroatoms. The second-order valence-electron chi connectivity index (χ2n) is 13.6. The minimum Gasteiger partial charge on any atom is -0.455 e. The molecule has 11 rings (SSSR count). The van der Waals surface area contributed by atoms with Crippen molar-refractivity contribution in [2.24, 2.45) is 0 Å². The molecule has 8 aromatic carbocycles. The van der Waals surface area contributed by atoms with Crippen LogP contribution in [0.4, 0.5) is 0 Å². The van der Waals surface area contributed by atoms with Crippen molar-refractivity contribution in [2.75, 3.05) is 0 Å². The summed E-state index contributed by atoms with van der Waals surface area (Å²) in [7, 11) is 0. The Bertz CT molecular complexity index is 3000. The summed E-state index contributed by atoms with van der Waals surface area (Å²) in [5, 5.41) is 4.73. The molecule has 10 aromatic rings. The topological polar surface area (TPSA) is 18.1 Å². The number of para-hydroxylation sites is 4. The Morgan fingerprint density at radius 1 is 0.392 bits per heavy atom. The van der Waals surface area contributed by atoms with Crippen LogP contribution in [0.5, 0.6) is 0 Å². The molecule has 238 valence electrons. The number of hydrogen-bond donors (Lipinski definition) is 0. The average molecular weight is 650 g/mol. The third-order valence-electron chi connectivity index (χ3n) is 10.9. The van der Waals surface area contributed by atoms with E-state index >= 15 is 0 Å². The molecular weight excluding hydrogens is 619 g/mol. The standard InChI is InChI=1S/C49H31NO/c1-2-13-31(14-3-1)32-16-8-17-34(29-32)50-47-39(37-21-9-20-36-35-18-5-4-15-33(35)30-45(36)37)22-10-23-40(47)41-24-11-25-42(48(41)50)44-27-12-26-43-38-19-6-7-28-46(38)51-49(43)44/h1-29H,30H2.